The predicted octanol–water partition coefficient (Wildman–Crippen LogP) is 4.76. The molecule has 3 heterocycles. The molecule has 0 atom stereocenters. The maximum absolute atomic E-state index is 10.9. The van der Waals surface area contributed by atoms with Gasteiger partial charge in [0.15, 0.2) is 17.8 Å². The standard InChI is InChI=1S/C17H23N2OS.2C9H6N4O4S.CH4O.Co.2H3N.H2S/c1-5-19(6-2)15-9-7-14(16(13-15)20-4)8-10-17-18(3)11-12-21-17;2*14-5-1-2-6(7(15)3-5)11-12-9-10-4-8(18-9)13(16)17;1-2;;;;/h7-13H,5-6H2,1-4H3;2*1-4H,(H2,10,12,14,15);2H,1H3;;2*1H3;1H2/q+1;;;;;;;/p-1. The number of quaternary nitrogens is 1. The topological polar surface area (TPSA) is 347 Å². The second-order valence-electron chi connectivity index (χ2n) is 11.0. The van der Waals surface area contributed by atoms with Crippen LogP contribution in [-0.4, -0.2) is 75.5 Å². The molecule has 6 rings (SSSR count). The predicted molar refractivity (Wildman–Crippen MR) is 245 cm³/mol. The van der Waals surface area contributed by atoms with Gasteiger partial charge in [-0.3, -0.25) is 40.0 Å². The fraction of sp³-hybridized carbons (Fsp3) is 0.194. The molecule has 2 aliphatic rings. The number of methoxy groups -OCH3 is 1. The number of aromatic nitrogens is 3. The molecule has 0 saturated heterocycles. The van der Waals surface area contributed by atoms with Gasteiger partial charge in [0.05, 0.1) is 22.3 Å². The number of hydrogen-bond donors (Lipinski definition) is 5. The number of aliphatic hydroxyl groups is 3. The Morgan fingerprint density at radius 3 is 1.68 bits per heavy atom. The number of carbonyl (C=O) groups is 2. The second-order valence-corrected chi connectivity index (χ2v) is 13.9. The van der Waals surface area contributed by atoms with E-state index in [1.165, 1.54) is 35.0 Å². The van der Waals surface area contributed by atoms with Crippen LogP contribution < -0.4 is 46.1 Å². The number of allylic oxidation sites excluding steroid dienone is 6. The summed E-state index contributed by atoms with van der Waals surface area (Å²) in [6.07, 6.45) is 15.5. The van der Waals surface area contributed by atoms with E-state index in [9.17, 15) is 40.0 Å². The smallest absolute Gasteiger partial charge is 0.319 e. The molecule has 3 aromatic heterocycles. The number of ketones is 2. The molecule has 63 heavy (non-hydrogen) atoms. The Bertz CT molecular complexity index is 2390. The van der Waals surface area contributed by atoms with Gasteiger partial charge in [0.2, 0.25) is 0 Å². The van der Waals surface area contributed by atoms with Crippen LogP contribution in [0.5, 0.6) is 5.75 Å². The maximum Gasteiger partial charge on any atom is 0.319 e. The van der Waals surface area contributed by atoms with E-state index >= 15 is 0 Å². The van der Waals surface area contributed by atoms with Crippen molar-refractivity contribution in [3.8, 4) is 5.75 Å². The van der Waals surface area contributed by atoms with E-state index in [2.05, 4.69) is 103 Å². The van der Waals surface area contributed by atoms with Crippen molar-refractivity contribution in [1.29, 1.82) is 0 Å². The molecule has 10 N–H and O–H groups in total. The molecule has 1 radical (unpaired) electrons. The Balaban J connectivity index is 0. The van der Waals surface area contributed by atoms with Crippen molar-refractivity contribution < 1.29 is 60.8 Å². The zero-order valence-electron chi connectivity index (χ0n) is 34.5. The normalized spacial score (nSPS) is 14.2. The van der Waals surface area contributed by atoms with Crippen LogP contribution in [0.15, 0.2) is 111 Å². The molecule has 0 aliphatic heterocycles. The van der Waals surface area contributed by atoms with E-state index < -0.39 is 9.85 Å². The Labute approximate surface area is 389 Å². The number of hydrogen-bond acceptors (Lipinski definition) is 19. The van der Waals surface area contributed by atoms with Crippen molar-refractivity contribution in [2.24, 2.45) is 27.5 Å². The Hall–Kier alpha value is -6.17. The first-order chi connectivity index (χ1) is 28.3. The Morgan fingerprint density at radius 2 is 1.32 bits per heavy atom. The van der Waals surface area contributed by atoms with E-state index in [0.29, 0.717) is 0 Å². The van der Waals surface area contributed by atoms with Gasteiger partial charge in [-0.05, 0) is 56.4 Å². The van der Waals surface area contributed by atoms with Gasteiger partial charge >= 0.3 is 10.0 Å². The van der Waals surface area contributed by atoms with Gasteiger partial charge in [0.1, 0.15) is 35.7 Å². The molecule has 343 valence electrons. The van der Waals surface area contributed by atoms with Gasteiger partial charge in [-0.15, -0.1) is 0 Å². The number of nitro groups is 2. The van der Waals surface area contributed by atoms with Gasteiger partial charge in [-0.1, -0.05) is 34.0 Å². The number of aryl methyl sites for hydroxylation is 1. The Morgan fingerprint density at radius 1 is 0.841 bits per heavy atom. The zero-order chi connectivity index (χ0) is 43.5. The van der Waals surface area contributed by atoms with Gasteiger partial charge in [-0.25, -0.2) is 0 Å². The van der Waals surface area contributed by atoms with Crippen molar-refractivity contribution in [1.82, 2.24) is 22.3 Å². The fourth-order valence-corrected chi connectivity index (χ4v) is 6.30. The first-order valence-electron chi connectivity index (χ1n) is 16.8. The number of aliphatic hydroxyl groups excluding tert-OH is 3. The number of anilines is 1. The van der Waals surface area contributed by atoms with Crippen LogP contribution in [0.1, 0.15) is 24.4 Å². The SMILES string of the molecule is CCN(CC)c1ccc(/C=C/c2scc[n+]2C)c(OC)c1.CO.N.O=C1C=CC(=NN=c2[n-]cc([N+](=O)[O-])s2)C(O)=C1.O=C1C=CC(=NN=c2[n-]cc([N+](=O)[O-])s2)C(O)=C1.S.[Co].[NH4+]. The third kappa shape index (κ3) is 18.4. The van der Waals surface area contributed by atoms with Gasteiger partial charge in [-0.2, -0.15) is 18.1 Å². The van der Waals surface area contributed by atoms with Crippen LogP contribution in [-0.2, 0) is 33.4 Å². The molecule has 4 aromatic rings. The maximum atomic E-state index is 10.9. The number of benzene rings is 1. The molecular formula is C36H46CoN12O10S4. The average Bonchev–Trinajstić information content (AvgIpc) is 4.00. The van der Waals surface area contributed by atoms with Crippen LogP contribution in [0, 0.1) is 20.2 Å². The Kier molecular flexibility index (Phi) is 28.0. The summed E-state index contributed by atoms with van der Waals surface area (Å²) < 4.78 is 7.65. The summed E-state index contributed by atoms with van der Waals surface area (Å²) in [5.74, 6) is -0.405. The number of nitrogens with zero attached hydrogens (tertiary/aromatic N) is 10. The van der Waals surface area contributed by atoms with E-state index in [4.69, 9.17) is 9.84 Å². The number of thiazole rings is 3. The van der Waals surface area contributed by atoms with Crippen molar-refractivity contribution >= 4 is 98.3 Å². The summed E-state index contributed by atoms with van der Waals surface area (Å²) in [6, 6.07) is 6.39. The number of ether oxygens (including phenoxy) is 1. The first-order valence-corrected chi connectivity index (χ1v) is 19.4. The molecule has 2 aliphatic carbocycles. The summed E-state index contributed by atoms with van der Waals surface area (Å²) in [7, 11) is 4.78. The molecule has 0 fully saturated rings. The molecule has 0 amide bonds. The average molecular weight is 994 g/mol. The first kappa shape index (κ1) is 58.9. The molecular weight excluding hydrogens is 948 g/mol. The third-order valence-corrected chi connectivity index (χ3v) is 9.86. The zero-order valence-corrected chi connectivity index (χ0v) is 39.0. The van der Waals surface area contributed by atoms with Crippen LogP contribution in [0.2, 0.25) is 0 Å². The molecule has 0 bridgehead atoms. The summed E-state index contributed by atoms with van der Waals surface area (Å²) in [5.41, 5.74) is 2.48. The minimum absolute atomic E-state index is 0. The van der Waals surface area contributed by atoms with E-state index in [-0.39, 0.29) is 96.7 Å². The number of rotatable bonds is 10. The van der Waals surface area contributed by atoms with Crippen molar-refractivity contribution in [2.75, 3.05) is 32.2 Å². The second kappa shape index (κ2) is 30.0. The fourth-order valence-electron chi connectivity index (χ4n) is 4.43. The van der Waals surface area contributed by atoms with Gasteiger partial charge in [0, 0.05) is 94.5 Å². The third-order valence-electron chi connectivity index (χ3n) is 7.27. The van der Waals surface area contributed by atoms with E-state index in [1.807, 2.05) is 0 Å². The molecule has 0 spiro atoms. The van der Waals surface area contributed by atoms with Crippen molar-refractivity contribution in [2.45, 2.75) is 13.8 Å². The van der Waals surface area contributed by atoms with Crippen LogP contribution in [0.4, 0.5) is 15.7 Å². The molecule has 27 heteroatoms. The molecule has 0 unspecified atom stereocenters. The van der Waals surface area contributed by atoms with Crippen molar-refractivity contribution in [3.05, 3.63) is 131 Å². The van der Waals surface area contributed by atoms with Gasteiger partial charge in [0.25, 0.3) is 5.01 Å². The molecule has 1 aromatic carbocycles. The summed E-state index contributed by atoms with van der Waals surface area (Å²) in [5, 5.41) is 64.2. The van der Waals surface area contributed by atoms with Gasteiger partial charge < -0.3 is 57.4 Å². The molecule has 0 saturated carbocycles. The summed E-state index contributed by atoms with van der Waals surface area (Å²) in [4.78, 5) is 51.2. The van der Waals surface area contributed by atoms with Crippen LogP contribution in [0.3, 0.4) is 0 Å². The minimum atomic E-state index is -0.583. The summed E-state index contributed by atoms with van der Waals surface area (Å²) in [6.45, 7) is 6.33. The van der Waals surface area contributed by atoms with Crippen LogP contribution in [0.25, 0.3) is 12.2 Å². The minimum Gasteiger partial charge on any atom is -0.506 e. The quantitative estimate of drug-likeness (QED) is 0.0619. The van der Waals surface area contributed by atoms with E-state index in [1.54, 1.807) is 18.4 Å². The number of carbonyl (C=O) groups excluding carboxylic acids is 2. The monoisotopic (exact) mass is 993 g/mol. The molecule has 22 nitrogen and oxygen atoms in total. The summed E-state index contributed by atoms with van der Waals surface area (Å²) >= 11 is 3.24. The van der Waals surface area contributed by atoms with E-state index in [0.717, 1.165) is 78.7 Å². The largest absolute Gasteiger partial charge is 0.506 e. The van der Waals surface area contributed by atoms with Crippen LogP contribution >= 0.6 is 47.5 Å². The van der Waals surface area contributed by atoms with Crippen molar-refractivity contribution in [3.63, 3.8) is 0 Å².